The second-order valence-corrected chi connectivity index (χ2v) is 10.2. The minimum Gasteiger partial charge on any atom is -0.488 e. The van der Waals surface area contributed by atoms with Crippen LogP contribution in [-0.2, 0) is 27.7 Å². The van der Waals surface area contributed by atoms with Gasteiger partial charge in [-0.3, -0.25) is 9.59 Å². The van der Waals surface area contributed by atoms with Gasteiger partial charge in [-0.15, -0.1) is 0 Å². The molecule has 172 valence electrons. The van der Waals surface area contributed by atoms with E-state index < -0.39 is 21.3 Å². The molecule has 3 aromatic rings. The standard InChI is InChI=1S/C25H26N2O5S/c1-25(2,27-17-28)15-18-8-10-20(11-9-18)33(30,31)21-12-13-23(22(14-21)24(26)29)32-16-19-6-4-3-5-7-19/h3-14,17H,15-16H2,1-2H3,(H2,26,29)(H,27,28). The Labute approximate surface area is 193 Å². The largest absolute Gasteiger partial charge is 0.488 e. The summed E-state index contributed by atoms with van der Waals surface area (Å²) in [7, 11) is -3.88. The number of nitrogens with one attached hydrogen (secondary N) is 1. The van der Waals surface area contributed by atoms with E-state index in [-0.39, 0.29) is 27.7 Å². The van der Waals surface area contributed by atoms with Crippen LogP contribution in [0.5, 0.6) is 5.75 Å². The lowest BCUT2D eigenvalue weighted by atomic mass is 9.95. The Morgan fingerprint density at radius 2 is 1.61 bits per heavy atom. The van der Waals surface area contributed by atoms with Crippen LogP contribution in [-0.4, -0.2) is 26.3 Å². The number of nitrogens with two attached hydrogens (primary N) is 1. The van der Waals surface area contributed by atoms with E-state index >= 15 is 0 Å². The summed E-state index contributed by atoms with van der Waals surface area (Å²) in [5.74, 6) is -0.569. The Hall–Kier alpha value is -3.65. The zero-order chi connectivity index (χ0) is 24.1. The maximum absolute atomic E-state index is 13.1. The predicted molar refractivity (Wildman–Crippen MR) is 125 cm³/mol. The summed E-state index contributed by atoms with van der Waals surface area (Å²) < 4.78 is 32.0. The Bertz CT molecular complexity index is 1240. The third-order valence-corrected chi connectivity index (χ3v) is 6.86. The van der Waals surface area contributed by atoms with Crippen molar-refractivity contribution in [3.8, 4) is 5.75 Å². The first-order valence-electron chi connectivity index (χ1n) is 10.3. The van der Waals surface area contributed by atoms with Crippen LogP contribution in [0.1, 0.15) is 35.3 Å². The molecule has 0 saturated carbocycles. The lowest BCUT2D eigenvalue weighted by molar-refractivity contribution is -0.110. The van der Waals surface area contributed by atoms with E-state index in [0.29, 0.717) is 12.8 Å². The summed E-state index contributed by atoms with van der Waals surface area (Å²) in [5, 5.41) is 2.73. The van der Waals surface area contributed by atoms with Crippen molar-refractivity contribution in [1.82, 2.24) is 5.32 Å². The van der Waals surface area contributed by atoms with Gasteiger partial charge in [0.1, 0.15) is 12.4 Å². The zero-order valence-corrected chi connectivity index (χ0v) is 19.3. The fourth-order valence-electron chi connectivity index (χ4n) is 3.37. The number of benzene rings is 3. The Balaban J connectivity index is 1.84. The van der Waals surface area contributed by atoms with Crippen molar-refractivity contribution in [2.75, 3.05) is 0 Å². The van der Waals surface area contributed by atoms with Crippen LogP contribution in [0.2, 0.25) is 0 Å². The first-order chi connectivity index (χ1) is 15.6. The normalized spacial score (nSPS) is 11.6. The number of rotatable bonds is 10. The quantitative estimate of drug-likeness (QED) is 0.445. The molecule has 3 rings (SSSR count). The van der Waals surface area contributed by atoms with Crippen LogP contribution >= 0.6 is 0 Å². The number of primary amides is 1. The highest BCUT2D eigenvalue weighted by molar-refractivity contribution is 7.91. The number of carbonyl (C=O) groups excluding carboxylic acids is 2. The highest BCUT2D eigenvalue weighted by atomic mass is 32.2. The van der Waals surface area contributed by atoms with Crippen molar-refractivity contribution < 1.29 is 22.7 Å². The molecule has 0 unspecified atom stereocenters. The average Bonchev–Trinajstić information content (AvgIpc) is 2.78. The van der Waals surface area contributed by atoms with E-state index in [0.717, 1.165) is 11.1 Å². The van der Waals surface area contributed by atoms with Gasteiger partial charge in [-0.1, -0.05) is 42.5 Å². The molecule has 0 aliphatic carbocycles. The van der Waals surface area contributed by atoms with Gasteiger partial charge in [0.25, 0.3) is 5.91 Å². The maximum atomic E-state index is 13.1. The first kappa shape index (κ1) is 24.0. The average molecular weight is 467 g/mol. The summed E-state index contributed by atoms with van der Waals surface area (Å²) in [6, 6.07) is 19.9. The van der Waals surface area contributed by atoms with Crippen molar-refractivity contribution in [1.29, 1.82) is 0 Å². The van der Waals surface area contributed by atoms with Gasteiger partial charge in [-0.25, -0.2) is 8.42 Å². The molecule has 33 heavy (non-hydrogen) atoms. The van der Waals surface area contributed by atoms with Crippen LogP contribution in [0.4, 0.5) is 0 Å². The van der Waals surface area contributed by atoms with E-state index in [1.807, 2.05) is 44.2 Å². The fourth-order valence-corrected chi connectivity index (χ4v) is 4.66. The topological polar surface area (TPSA) is 116 Å². The van der Waals surface area contributed by atoms with Crippen molar-refractivity contribution in [2.45, 2.75) is 42.2 Å². The monoisotopic (exact) mass is 466 g/mol. The van der Waals surface area contributed by atoms with E-state index in [2.05, 4.69) is 5.32 Å². The molecule has 0 heterocycles. The smallest absolute Gasteiger partial charge is 0.252 e. The lowest BCUT2D eigenvalue weighted by Crippen LogP contribution is -2.40. The van der Waals surface area contributed by atoms with Crippen LogP contribution in [0.25, 0.3) is 0 Å². The first-order valence-corrected chi connectivity index (χ1v) is 11.8. The van der Waals surface area contributed by atoms with Crippen LogP contribution < -0.4 is 15.8 Å². The molecule has 0 aliphatic heterocycles. The fraction of sp³-hybridized carbons (Fsp3) is 0.200. The van der Waals surface area contributed by atoms with Gasteiger partial charge in [0.2, 0.25) is 16.2 Å². The summed E-state index contributed by atoms with van der Waals surface area (Å²) in [6.07, 6.45) is 1.17. The Morgan fingerprint density at radius 1 is 0.970 bits per heavy atom. The SMILES string of the molecule is CC(C)(Cc1ccc(S(=O)(=O)c2ccc(OCc3ccccc3)c(C(N)=O)c2)cc1)NC=O. The van der Waals surface area contributed by atoms with Crippen molar-refractivity contribution >= 4 is 22.2 Å². The number of hydrogen-bond donors (Lipinski definition) is 2. The van der Waals surface area contributed by atoms with Gasteiger partial charge in [0.05, 0.1) is 15.4 Å². The second kappa shape index (κ2) is 9.87. The van der Waals surface area contributed by atoms with Crippen molar-refractivity contribution in [3.63, 3.8) is 0 Å². The molecule has 7 nitrogen and oxygen atoms in total. The minimum absolute atomic E-state index is 0.00897. The summed E-state index contributed by atoms with van der Waals surface area (Å²) >= 11 is 0. The molecule has 2 amide bonds. The van der Waals surface area contributed by atoms with E-state index in [1.165, 1.54) is 30.3 Å². The van der Waals surface area contributed by atoms with Crippen LogP contribution in [0.15, 0.2) is 82.6 Å². The number of hydrogen-bond acceptors (Lipinski definition) is 5. The van der Waals surface area contributed by atoms with Gasteiger partial charge >= 0.3 is 0 Å². The van der Waals surface area contributed by atoms with E-state index in [9.17, 15) is 18.0 Å². The molecular weight excluding hydrogens is 440 g/mol. The lowest BCUT2D eigenvalue weighted by Gasteiger charge is -2.23. The summed E-state index contributed by atoms with van der Waals surface area (Å²) in [4.78, 5) is 22.8. The van der Waals surface area contributed by atoms with Crippen LogP contribution in [0, 0.1) is 0 Å². The number of carbonyl (C=O) groups is 2. The third-order valence-electron chi connectivity index (χ3n) is 5.09. The third kappa shape index (κ3) is 5.98. The molecule has 8 heteroatoms. The van der Waals surface area contributed by atoms with E-state index in [4.69, 9.17) is 10.5 Å². The van der Waals surface area contributed by atoms with Gasteiger partial charge in [-0.05, 0) is 61.7 Å². The second-order valence-electron chi connectivity index (χ2n) is 8.27. The van der Waals surface area contributed by atoms with Gasteiger partial charge in [-0.2, -0.15) is 0 Å². The highest BCUT2D eigenvalue weighted by Crippen LogP contribution is 2.28. The number of amides is 2. The molecule has 0 aromatic heterocycles. The molecule has 0 spiro atoms. The Morgan fingerprint density at radius 3 is 2.21 bits per heavy atom. The molecule has 3 aromatic carbocycles. The molecule has 0 atom stereocenters. The van der Waals surface area contributed by atoms with Gasteiger partial charge in [0, 0.05) is 5.54 Å². The molecule has 0 fully saturated rings. The summed E-state index contributed by atoms with van der Waals surface area (Å²) in [6.45, 7) is 3.96. The number of ether oxygens (including phenoxy) is 1. The molecule has 0 aliphatic rings. The van der Waals surface area contributed by atoms with Crippen LogP contribution in [0.3, 0.4) is 0 Å². The minimum atomic E-state index is -3.88. The molecular formula is C25H26N2O5S. The molecule has 0 radical (unpaired) electrons. The number of sulfone groups is 1. The van der Waals surface area contributed by atoms with E-state index in [1.54, 1.807) is 12.1 Å². The van der Waals surface area contributed by atoms with Gasteiger partial charge < -0.3 is 15.8 Å². The maximum Gasteiger partial charge on any atom is 0.252 e. The predicted octanol–water partition coefficient (Wildman–Crippen LogP) is 3.26. The zero-order valence-electron chi connectivity index (χ0n) is 18.4. The molecule has 0 bridgehead atoms. The highest BCUT2D eigenvalue weighted by Gasteiger charge is 2.22. The molecule has 0 saturated heterocycles. The van der Waals surface area contributed by atoms with Gasteiger partial charge in [0.15, 0.2) is 0 Å². The Kier molecular flexibility index (Phi) is 7.18. The molecule has 3 N–H and O–H groups in total. The van der Waals surface area contributed by atoms with Crippen molar-refractivity contribution in [2.24, 2.45) is 5.73 Å². The van der Waals surface area contributed by atoms with Crippen molar-refractivity contribution in [3.05, 3.63) is 89.5 Å². The summed E-state index contributed by atoms with van der Waals surface area (Å²) in [5.41, 5.74) is 6.79.